The Hall–Kier alpha value is -3.93. The van der Waals surface area contributed by atoms with E-state index in [9.17, 15) is 14.4 Å². The van der Waals surface area contributed by atoms with E-state index in [-0.39, 0.29) is 22.6 Å². The van der Waals surface area contributed by atoms with Crippen molar-refractivity contribution in [3.8, 4) is 11.5 Å². The minimum Gasteiger partial charge on any atom is -0.493 e. The Morgan fingerprint density at radius 1 is 1.07 bits per heavy atom. The molecule has 13 heteroatoms. The lowest BCUT2D eigenvalue weighted by Gasteiger charge is -2.25. The van der Waals surface area contributed by atoms with Gasteiger partial charge < -0.3 is 19.3 Å². The summed E-state index contributed by atoms with van der Waals surface area (Å²) < 4.78 is 17.4. The Morgan fingerprint density at radius 2 is 1.75 bits per heavy atom. The molecule has 0 bridgehead atoms. The summed E-state index contributed by atoms with van der Waals surface area (Å²) in [7, 11) is 2.69. The highest BCUT2D eigenvalue weighted by molar-refractivity contribution is 7.07. The maximum absolute atomic E-state index is 13.6. The third-order valence-electron chi connectivity index (χ3n) is 5.43. The molecule has 0 aliphatic carbocycles. The normalized spacial score (nSPS) is 14.4. The first-order valence-electron chi connectivity index (χ1n) is 11.5. The Bertz CT molecular complexity index is 1700. The maximum atomic E-state index is 13.6. The summed E-state index contributed by atoms with van der Waals surface area (Å²) in [6.07, 6.45) is 1.65. The zero-order valence-electron chi connectivity index (χ0n) is 22.0. The number of hydrogen-bond donors (Lipinski definition) is 1. The number of ether oxygens (including phenoxy) is 3. The molecule has 0 saturated heterocycles. The molecule has 3 aromatic rings. The van der Waals surface area contributed by atoms with E-state index in [2.05, 4.69) is 4.99 Å². The van der Waals surface area contributed by atoms with Gasteiger partial charge in [0.05, 0.1) is 36.1 Å². The molecule has 2 heterocycles. The Kier molecular flexibility index (Phi) is 9.91. The number of benzene rings is 2. The fourth-order valence-electron chi connectivity index (χ4n) is 3.86. The summed E-state index contributed by atoms with van der Waals surface area (Å²) in [6.45, 7) is 4.04. The first-order valence-corrected chi connectivity index (χ1v) is 13.1. The van der Waals surface area contributed by atoms with Crippen LogP contribution in [0.5, 0.6) is 11.5 Å². The van der Waals surface area contributed by atoms with Crippen LogP contribution >= 0.6 is 34.5 Å². The molecular formula is C27H24Cl2N2O8S. The number of carbonyl (C=O) groups is 3. The average Bonchev–Trinajstić information content (AvgIpc) is 3.18. The minimum atomic E-state index is -0.864. The van der Waals surface area contributed by atoms with Gasteiger partial charge in [-0.1, -0.05) is 46.7 Å². The van der Waals surface area contributed by atoms with Crippen LogP contribution in [0.3, 0.4) is 0 Å². The lowest BCUT2D eigenvalue weighted by Crippen LogP contribution is -2.39. The maximum Gasteiger partial charge on any atom is 0.338 e. The number of halogens is 2. The number of hydrogen-bond acceptors (Lipinski definition) is 9. The van der Waals surface area contributed by atoms with Crippen LogP contribution in [0.4, 0.5) is 0 Å². The van der Waals surface area contributed by atoms with Gasteiger partial charge in [-0.25, -0.2) is 9.79 Å². The molecule has 0 fully saturated rings. The van der Waals surface area contributed by atoms with Crippen molar-refractivity contribution in [3.63, 3.8) is 0 Å². The number of allylic oxidation sites excluding steroid dienone is 1. The summed E-state index contributed by atoms with van der Waals surface area (Å²) in [4.78, 5) is 51.9. The number of rotatable bonds is 5. The van der Waals surface area contributed by atoms with Gasteiger partial charge in [-0.3, -0.25) is 19.0 Å². The number of thiazole rings is 1. The largest absolute Gasteiger partial charge is 0.493 e. The third kappa shape index (κ3) is 6.79. The van der Waals surface area contributed by atoms with Crippen LogP contribution < -0.4 is 24.4 Å². The predicted molar refractivity (Wildman–Crippen MR) is 150 cm³/mol. The molecule has 2 aromatic carbocycles. The molecule has 1 atom stereocenters. The minimum absolute atomic E-state index is 0.197. The van der Waals surface area contributed by atoms with Crippen molar-refractivity contribution in [1.82, 2.24) is 4.57 Å². The van der Waals surface area contributed by atoms with Gasteiger partial charge in [0.15, 0.2) is 16.3 Å². The lowest BCUT2D eigenvalue weighted by molar-refractivity contribution is -0.137. The number of carboxylic acid groups (broad SMARTS) is 1. The van der Waals surface area contributed by atoms with E-state index < -0.39 is 23.9 Å². The number of carboxylic acids is 1. The van der Waals surface area contributed by atoms with Gasteiger partial charge in [0.25, 0.3) is 11.5 Å². The molecular weight excluding hydrogens is 583 g/mol. The van der Waals surface area contributed by atoms with E-state index in [0.717, 1.165) is 18.3 Å². The van der Waals surface area contributed by atoms with E-state index in [0.29, 0.717) is 36.2 Å². The number of esters is 2. The molecule has 1 aromatic heterocycles. The van der Waals surface area contributed by atoms with Crippen LogP contribution in [0.15, 0.2) is 57.5 Å². The van der Waals surface area contributed by atoms with Crippen molar-refractivity contribution in [1.29, 1.82) is 0 Å². The van der Waals surface area contributed by atoms with Crippen molar-refractivity contribution in [2.45, 2.75) is 26.8 Å². The van der Waals surface area contributed by atoms with Crippen molar-refractivity contribution in [2.75, 3.05) is 14.2 Å². The molecule has 210 valence electrons. The van der Waals surface area contributed by atoms with Crippen molar-refractivity contribution < 1.29 is 33.7 Å². The number of aliphatic carboxylic acids is 1. The highest BCUT2D eigenvalue weighted by Crippen LogP contribution is 2.36. The van der Waals surface area contributed by atoms with Crippen molar-refractivity contribution >= 4 is 58.5 Å². The highest BCUT2D eigenvalue weighted by Gasteiger charge is 2.33. The second kappa shape index (κ2) is 12.9. The predicted octanol–water partition coefficient (Wildman–Crippen LogP) is 3.74. The number of carbonyl (C=O) groups excluding carboxylic acids is 2. The van der Waals surface area contributed by atoms with E-state index in [1.165, 1.54) is 25.7 Å². The van der Waals surface area contributed by atoms with Crippen LogP contribution in [0, 0.1) is 0 Å². The molecule has 0 radical (unpaired) electrons. The molecule has 0 spiro atoms. The lowest BCUT2D eigenvalue weighted by atomic mass is 9.95. The van der Waals surface area contributed by atoms with Crippen molar-refractivity contribution in [3.05, 3.63) is 88.5 Å². The standard InChI is InChI=1S/C25H20Cl2N2O6S.C2H4O2/c1-12-21(24(32)34-4)22(15-6-8-18(35-13(2)30)19(9-15)33-3)29-23(31)20(36-25(29)28-12)10-14-5-7-16(26)11-17(14)27;1-2(3)4/h5-11,22H,1-4H3;1H3,(H,3,4). The molecule has 10 nitrogen and oxygen atoms in total. The van der Waals surface area contributed by atoms with Crippen LogP contribution in [-0.2, 0) is 19.1 Å². The smallest absolute Gasteiger partial charge is 0.338 e. The first kappa shape index (κ1) is 30.6. The average molecular weight is 607 g/mol. The van der Waals surface area contributed by atoms with Gasteiger partial charge in [0.1, 0.15) is 0 Å². The zero-order chi connectivity index (χ0) is 29.7. The Morgan fingerprint density at radius 3 is 2.33 bits per heavy atom. The Balaban J connectivity index is 0.00000103. The number of fused-ring (bicyclic) bond motifs is 1. The molecule has 0 saturated carbocycles. The topological polar surface area (TPSA) is 133 Å². The van der Waals surface area contributed by atoms with Crippen LogP contribution in [0.1, 0.15) is 37.9 Å². The van der Waals surface area contributed by atoms with Crippen LogP contribution in [0.2, 0.25) is 10.0 Å². The number of aromatic nitrogens is 1. The molecule has 0 amide bonds. The van der Waals surface area contributed by atoms with E-state index >= 15 is 0 Å². The van der Waals surface area contributed by atoms with Gasteiger partial charge in [-0.05, 0) is 48.4 Å². The summed E-state index contributed by atoms with van der Waals surface area (Å²) in [5.74, 6) is -1.50. The number of methoxy groups -OCH3 is 2. The fourth-order valence-corrected chi connectivity index (χ4v) is 5.36. The van der Waals surface area contributed by atoms with Crippen LogP contribution in [0.25, 0.3) is 6.08 Å². The van der Waals surface area contributed by atoms with E-state index in [1.54, 1.807) is 49.4 Å². The third-order valence-corrected chi connectivity index (χ3v) is 6.98. The van der Waals surface area contributed by atoms with Gasteiger partial charge in [0.2, 0.25) is 0 Å². The summed E-state index contributed by atoms with van der Waals surface area (Å²) >= 11 is 13.5. The summed E-state index contributed by atoms with van der Waals surface area (Å²) in [5, 5.41) is 8.28. The fraction of sp³-hybridized carbons (Fsp3) is 0.222. The molecule has 40 heavy (non-hydrogen) atoms. The SMILES string of the molecule is CC(=O)O.COC(=O)C1=C(C)N=c2sc(=Cc3ccc(Cl)cc3Cl)c(=O)n2C1c1ccc(OC(C)=O)c(OC)c1. The van der Waals surface area contributed by atoms with Gasteiger partial charge >= 0.3 is 11.9 Å². The quantitative estimate of drug-likeness (QED) is 0.343. The second-order valence-corrected chi connectivity index (χ2v) is 10.1. The van der Waals surface area contributed by atoms with Gasteiger partial charge in [0, 0.05) is 23.9 Å². The monoisotopic (exact) mass is 606 g/mol. The molecule has 1 aliphatic rings. The van der Waals surface area contributed by atoms with E-state index in [1.807, 2.05) is 0 Å². The van der Waals surface area contributed by atoms with Gasteiger partial charge in [-0.15, -0.1) is 0 Å². The zero-order valence-corrected chi connectivity index (χ0v) is 24.3. The molecule has 1 aliphatic heterocycles. The molecule has 4 rings (SSSR count). The van der Waals surface area contributed by atoms with Gasteiger partial charge in [-0.2, -0.15) is 0 Å². The van der Waals surface area contributed by atoms with Crippen LogP contribution in [-0.4, -0.2) is 41.8 Å². The summed E-state index contributed by atoms with van der Waals surface area (Å²) in [6, 6.07) is 8.92. The molecule has 1 N–H and O–H groups in total. The van der Waals surface area contributed by atoms with E-state index in [4.69, 9.17) is 47.3 Å². The number of nitrogens with zero attached hydrogens (tertiary/aromatic N) is 2. The van der Waals surface area contributed by atoms with Crippen molar-refractivity contribution in [2.24, 2.45) is 4.99 Å². The first-order chi connectivity index (χ1) is 18.9. The molecule has 1 unspecified atom stereocenters. The highest BCUT2D eigenvalue weighted by atomic mass is 35.5. The summed E-state index contributed by atoms with van der Waals surface area (Å²) in [5.41, 5.74) is 1.39. The second-order valence-electron chi connectivity index (χ2n) is 8.26. The Labute approximate surface area is 242 Å².